The van der Waals surface area contributed by atoms with E-state index in [9.17, 15) is 13.5 Å². The first-order chi connectivity index (χ1) is 8.78. The quantitative estimate of drug-likeness (QED) is 0.881. The highest BCUT2D eigenvalue weighted by Crippen LogP contribution is 2.18. The minimum absolute atomic E-state index is 0.164. The van der Waals surface area contributed by atoms with Crippen molar-refractivity contribution < 1.29 is 13.5 Å². The molecule has 0 radical (unpaired) electrons. The highest BCUT2D eigenvalue weighted by molar-refractivity contribution is 7.89. The molecule has 19 heavy (non-hydrogen) atoms. The number of nitriles is 1. The lowest BCUT2D eigenvalue weighted by Crippen LogP contribution is -2.29. The summed E-state index contributed by atoms with van der Waals surface area (Å²) < 4.78 is 25.7. The number of sulfonamides is 1. The van der Waals surface area contributed by atoms with Crippen LogP contribution in [0.25, 0.3) is 0 Å². The molecule has 1 N–H and O–H groups in total. The normalized spacial score (nSPS) is 13.3. The van der Waals surface area contributed by atoms with Gasteiger partial charge in [-0.1, -0.05) is 0 Å². The number of nitrogens with zero attached hydrogens (tertiary/aromatic N) is 2. The first-order valence-corrected chi connectivity index (χ1v) is 7.38. The molecule has 1 rings (SSSR count). The van der Waals surface area contributed by atoms with Crippen molar-refractivity contribution in [2.24, 2.45) is 0 Å². The van der Waals surface area contributed by atoms with E-state index in [0.717, 1.165) is 0 Å². The third-order valence-corrected chi connectivity index (χ3v) is 4.74. The maximum Gasteiger partial charge on any atom is 0.242 e. The third-order valence-electron chi connectivity index (χ3n) is 2.89. The van der Waals surface area contributed by atoms with Gasteiger partial charge in [0.1, 0.15) is 0 Å². The Balaban J connectivity index is 3.01. The topological polar surface area (TPSA) is 81.4 Å². The van der Waals surface area contributed by atoms with Gasteiger partial charge in [0.05, 0.1) is 22.6 Å². The first kappa shape index (κ1) is 15.6. The van der Waals surface area contributed by atoms with Gasteiger partial charge in [0.2, 0.25) is 10.0 Å². The minimum atomic E-state index is -3.57. The molecule has 0 saturated carbocycles. The third kappa shape index (κ3) is 3.77. The maximum absolute atomic E-state index is 12.3. The van der Waals surface area contributed by atoms with E-state index >= 15 is 0 Å². The largest absolute Gasteiger partial charge is 0.393 e. The molecule has 0 saturated heterocycles. The van der Waals surface area contributed by atoms with E-state index in [2.05, 4.69) is 0 Å². The molecule has 0 spiro atoms. The van der Waals surface area contributed by atoms with Crippen LogP contribution in [0.2, 0.25) is 0 Å². The van der Waals surface area contributed by atoms with Crippen LogP contribution in [0, 0.1) is 18.3 Å². The molecule has 0 aliphatic rings. The molecule has 0 bridgehead atoms. The van der Waals surface area contributed by atoms with Crippen molar-refractivity contribution in [1.82, 2.24) is 4.31 Å². The van der Waals surface area contributed by atoms with Gasteiger partial charge < -0.3 is 5.11 Å². The summed E-state index contributed by atoms with van der Waals surface area (Å²) in [5, 5.41) is 18.0. The lowest BCUT2D eigenvalue weighted by atomic mass is 10.1. The Hall–Kier alpha value is -1.42. The molecule has 6 heteroatoms. The van der Waals surface area contributed by atoms with Crippen LogP contribution >= 0.6 is 0 Å². The Morgan fingerprint density at radius 1 is 1.47 bits per heavy atom. The van der Waals surface area contributed by atoms with Gasteiger partial charge in [0.15, 0.2) is 0 Å². The van der Waals surface area contributed by atoms with Crippen molar-refractivity contribution in [3.05, 3.63) is 29.3 Å². The number of aryl methyl sites for hydroxylation is 1. The van der Waals surface area contributed by atoms with Crippen molar-refractivity contribution in [3.8, 4) is 6.07 Å². The number of rotatable bonds is 5. The van der Waals surface area contributed by atoms with Crippen LogP contribution < -0.4 is 0 Å². The summed E-state index contributed by atoms with van der Waals surface area (Å²) >= 11 is 0. The molecule has 0 fully saturated rings. The highest BCUT2D eigenvalue weighted by atomic mass is 32.2. The zero-order chi connectivity index (χ0) is 14.6. The standard InChI is InChI=1S/C13H18N2O3S/c1-10-8-13(5-4-12(10)9-14)19(17,18)15(3)7-6-11(2)16/h4-5,8,11,16H,6-7H2,1-3H3. The zero-order valence-electron chi connectivity index (χ0n) is 11.3. The van der Waals surface area contributed by atoms with Crippen LogP contribution in [0.3, 0.4) is 0 Å². The molecule has 0 aliphatic carbocycles. The van der Waals surface area contributed by atoms with Crippen LogP contribution in [0.4, 0.5) is 0 Å². The zero-order valence-corrected chi connectivity index (χ0v) is 12.1. The molecule has 0 aliphatic heterocycles. The number of hydrogen-bond donors (Lipinski definition) is 1. The molecular weight excluding hydrogens is 264 g/mol. The first-order valence-electron chi connectivity index (χ1n) is 5.94. The summed E-state index contributed by atoms with van der Waals surface area (Å²) in [5.41, 5.74) is 1.10. The second kappa shape index (κ2) is 6.15. The summed E-state index contributed by atoms with van der Waals surface area (Å²) in [5.74, 6) is 0. The van der Waals surface area contributed by atoms with E-state index in [-0.39, 0.29) is 11.4 Å². The summed E-state index contributed by atoms with van der Waals surface area (Å²) in [6, 6.07) is 6.43. The molecule has 1 aromatic carbocycles. The fraction of sp³-hybridized carbons (Fsp3) is 0.462. The average Bonchev–Trinajstić information content (AvgIpc) is 2.35. The van der Waals surface area contributed by atoms with Crippen molar-refractivity contribution in [2.75, 3.05) is 13.6 Å². The Labute approximate surface area is 114 Å². The molecule has 5 nitrogen and oxygen atoms in total. The van der Waals surface area contributed by atoms with Crippen molar-refractivity contribution >= 4 is 10.0 Å². The minimum Gasteiger partial charge on any atom is -0.393 e. The van der Waals surface area contributed by atoms with E-state index in [1.54, 1.807) is 13.8 Å². The number of benzene rings is 1. The fourth-order valence-corrected chi connectivity index (χ4v) is 2.86. The molecule has 0 aromatic heterocycles. The lowest BCUT2D eigenvalue weighted by Gasteiger charge is -2.18. The van der Waals surface area contributed by atoms with Crippen molar-refractivity contribution in [3.63, 3.8) is 0 Å². The van der Waals surface area contributed by atoms with Crippen LogP contribution in [-0.4, -0.2) is 37.5 Å². The summed E-state index contributed by atoms with van der Waals surface area (Å²) in [7, 11) is -2.09. The van der Waals surface area contributed by atoms with Crippen LogP contribution in [-0.2, 0) is 10.0 Å². The molecule has 1 atom stereocenters. The highest BCUT2D eigenvalue weighted by Gasteiger charge is 2.21. The summed E-state index contributed by atoms with van der Waals surface area (Å²) in [6.45, 7) is 3.57. The van der Waals surface area contributed by atoms with Gasteiger partial charge in [-0.25, -0.2) is 12.7 Å². The number of hydrogen-bond acceptors (Lipinski definition) is 4. The molecule has 0 amide bonds. The van der Waals surface area contributed by atoms with Crippen LogP contribution in [0.1, 0.15) is 24.5 Å². The maximum atomic E-state index is 12.3. The summed E-state index contributed by atoms with van der Waals surface area (Å²) in [6.07, 6.45) is -0.161. The van der Waals surface area contributed by atoms with Gasteiger partial charge in [0, 0.05) is 13.6 Å². The van der Waals surface area contributed by atoms with Crippen LogP contribution in [0.5, 0.6) is 0 Å². The van der Waals surface area contributed by atoms with E-state index in [4.69, 9.17) is 5.26 Å². The second-order valence-electron chi connectivity index (χ2n) is 4.55. The fourth-order valence-electron chi connectivity index (χ4n) is 1.59. The van der Waals surface area contributed by atoms with E-state index < -0.39 is 16.1 Å². The second-order valence-corrected chi connectivity index (χ2v) is 6.60. The van der Waals surface area contributed by atoms with Gasteiger partial charge in [0.25, 0.3) is 0 Å². The van der Waals surface area contributed by atoms with Gasteiger partial charge in [-0.3, -0.25) is 0 Å². The molecular formula is C13H18N2O3S. The van der Waals surface area contributed by atoms with Crippen molar-refractivity contribution in [1.29, 1.82) is 5.26 Å². The predicted molar refractivity (Wildman–Crippen MR) is 72.0 cm³/mol. The molecule has 104 valence electrons. The van der Waals surface area contributed by atoms with Crippen LogP contribution in [0.15, 0.2) is 23.1 Å². The Bertz CT molecular complexity index is 588. The Morgan fingerprint density at radius 2 is 2.11 bits per heavy atom. The van der Waals surface area contributed by atoms with E-state index in [1.165, 1.54) is 29.6 Å². The average molecular weight is 282 g/mol. The SMILES string of the molecule is Cc1cc(S(=O)(=O)N(C)CCC(C)O)ccc1C#N. The number of aliphatic hydroxyl groups is 1. The monoisotopic (exact) mass is 282 g/mol. The van der Waals surface area contributed by atoms with E-state index in [0.29, 0.717) is 17.5 Å². The van der Waals surface area contributed by atoms with Crippen molar-refractivity contribution in [2.45, 2.75) is 31.3 Å². The van der Waals surface area contributed by atoms with Gasteiger partial charge in [-0.15, -0.1) is 0 Å². The lowest BCUT2D eigenvalue weighted by molar-refractivity contribution is 0.177. The summed E-state index contributed by atoms with van der Waals surface area (Å²) in [4.78, 5) is 0.164. The van der Waals surface area contributed by atoms with Gasteiger partial charge in [-0.2, -0.15) is 5.26 Å². The smallest absolute Gasteiger partial charge is 0.242 e. The Morgan fingerprint density at radius 3 is 2.58 bits per heavy atom. The molecule has 1 unspecified atom stereocenters. The number of aliphatic hydroxyl groups excluding tert-OH is 1. The molecule has 1 aromatic rings. The Kier molecular flexibility index (Phi) is 5.06. The van der Waals surface area contributed by atoms with E-state index in [1.807, 2.05) is 6.07 Å². The van der Waals surface area contributed by atoms with Gasteiger partial charge in [-0.05, 0) is 44.0 Å². The predicted octanol–water partition coefficient (Wildman–Crippen LogP) is 1.26. The molecule has 0 heterocycles. The van der Waals surface area contributed by atoms with Gasteiger partial charge >= 0.3 is 0 Å².